The summed E-state index contributed by atoms with van der Waals surface area (Å²) in [6.45, 7) is 3.84. The molecule has 0 saturated heterocycles. The fourth-order valence-electron chi connectivity index (χ4n) is 2.78. The fourth-order valence-corrected chi connectivity index (χ4v) is 3.88. The number of sulfonamides is 1. The molecule has 0 atom stereocenters. The van der Waals surface area contributed by atoms with Gasteiger partial charge in [0.05, 0.1) is 18.4 Å². The van der Waals surface area contributed by atoms with Gasteiger partial charge in [-0.25, -0.2) is 24.5 Å². The van der Waals surface area contributed by atoms with E-state index >= 15 is 0 Å². The number of anilines is 1. The van der Waals surface area contributed by atoms with Crippen molar-refractivity contribution in [2.24, 2.45) is 0 Å². The number of benzene rings is 1. The second kappa shape index (κ2) is 8.14. The number of esters is 1. The highest BCUT2D eigenvalue weighted by atomic mass is 35.5. The topological polar surface area (TPSA) is 111 Å². The number of rotatable bonds is 5. The molecule has 0 bridgehead atoms. The van der Waals surface area contributed by atoms with Crippen molar-refractivity contribution < 1.29 is 17.9 Å². The number of carbonyl (C=O) groups is 1. The van der Waals surface area contributed by atoms with Crippen LogP contribution in [0.3, 0.4) is 0 Å². The molecular formula is C19H17ClN4O4S. The number of nitrogens with one attached hydrogen (secondary N) is 1. The third-order valence-electron chi connectivity index (χ3n) is 4.09. The van der Waals surface area contributed by atoms with Gasteiger partial charge >= 0.3 is 5.97 Å². The van der Waals surface area contributed by atoms with E-state index in [1.54, 1.807) is 6.07 Å². The van der Waals surface area contributed by atoms with E-state index in [-0.39, 0.29) is 21.7 Å². The molecule has 0 saturated carbocycles. The summed E-state index contributed by atoms with van der Waals surface area (Å²) in [6.07, 6.45) is 1.20. The minimum absolute atomic E-state index is 0.0473. The summed E-state index contributed by atoms with van der Waals surface area (Å²) < 4.78 is 32.3. The molecule has 0 spiro atoms. The average molecular weight is 433 g/mol. The number of pyridine rings is 1. The molecule has 0 fully saturated rings. The Bertz CT molecular complexity index is 1180. The smallest absolute Gasteiger partial charge is 0.338 e. The van der Waals surface area contributed by atoms with Gasteiger partial charge < -0.3 is 4.74 Å². The highest BCUT2D eigenvalue weighted by Gasteiger charge is 2.21. The van der Waals surface area contributed by atoms with E-state index < -0.39 is 16.0 Å². The van der Waals surface area contributed by atoms with E-state index in [9.17, 15) is 13.2 Å². The zero-order valence-electron chi connectivity index (χ0n) is 15.8. The van der Waals surface area contributed by atoms with Crippen molar-refractivity contribution in [2.75, 3.05) is 11.8 Å². The Balaban J connectivity index is 2.00. The van der Waals surface area contributed by atoms with Crippen LogP contribution in [0.2, 0.25) is 5.15 Å². The van der Waals surface area contributed by atoms with Gasteiger partial charge in [-0.05, 0) is 37.1 Å². The van der Waals surface area contributed by atoms with Gasteiger partial charge in [0.15, 0.2) is 5.03 Å². The number of methoxy groups -OCH3 is 1. The number of ether oxygens (including phenoxy) is 1. The zero-order valence-corrected chi connectivity index (χ0v) is 17.4. The number of carbonyl (C=O) groups excluding carboxylic acids is 1. The normalized spacial score (nSPS) is 11.2. The van der Waals surface area contributed by atoms with E-state index in [4.69, 9.17) is 11.6 Å². The summed E-state index contributed by atoms with van der Waals surface area (Å²) >= 11 is 6.10. The third-order valence-corrected chi connectivity index (χ3v) is 5.51. The minimum Gasteiger partial charge on any atom is -0.465 e. The second-order valence-corrected chi connectivity index (χ2v) is 8.16. The Kier molecular flexibility index (Phi) is 5.81. The van der Waals surface area contributed by atoms with Crippen molar-refractivity contribution in [2.45, 2.75) is 18.9 Å². The van der Waals surface area contributed by atoms with Crippen LogP contribution in [-0.4, -0.2) is 36.4 Å². The van der Waals surface area contributed by atoms with Crippen molar-refractivity contribution in [3.05, 3.63) is 64.4 Å². The maximum Gasteiger partial charge on any atom is 0.338 e. The van der Waals surface area contributed by atoms with Crippen molar-refractivity contribution in [1.29, 1.82) is 0 Å². The van der Waals surface area contributed by atoms with Crippen LogP contribution >= 0.6 is 11.6 Å². The van der Waals surface area contributed by atoms with Gasteiger partial charge in [0.25, 0.3) is 10.0 Å². The molecule has 0 radical (unpaired) electrons. The quantitative estimate of drug-likeness (QED) is 0.485. The van der Waals surface area contributed by atoms with Crippen LogP contribution in [0.4, 0.5) is 5.95 Å². The van der Waals surface area contributed by atoms with Crippen LogP contribution in [-0.2, 0) is 14.8 Å². The summed E-state index contributed by atoms with van der Waals surface area (Å²) in [5.41, 5.74) is 3.28. The average Bonchev–Trinajstić information content (AvgIpc) is 2.66. The van der Waals surface area contributed by atoms with Crippen molar-refractivity contribution in [3.8, 4) is 11.3 Å². The van der Waals surface area contributed by atoms with Crippen LogP contribution in [0.1, 0.15) is 21.5 Å². The Hall–Kier alpha value is -3.04. The molecule has 3 rings (SSSR count). The van der Waals surface area contributed by atoms with Crippen molar-refractivity contribution >= 4 is 33.5 Å². The van der Waals surface area contributed by atoms with E-state index in [1.807, 2.05) is 32.0 Å². The van der Waals surface area contributed by atoms with Gasteiger partial charge in [0.2, 0.25) is 5.95 Å². The maximum absolute atomic E-state index is 12.7. The first kappa shape index (κ1) is 20.7. The zero-order chi connectivity index (χ0) is 21.2. The van der Waals surface area contributed by atoms with Crippen LogP contribution < -0.4 is 4.72 Å². The van der Waals surface area contributed by atoms with E-state index in [1.165, 1.54) is 19.4 Å². The van der Waals surface area contributed by atoms with Gasteiger partial charge in [0.1, 0.15) is 5.15 Å². The van der Waals surface area contributed by atoms with Crippen LogP contribution in [0.15, 0.2) is 47.6 Å². The molecule has 150 valence electrons. The van der Waals surface area contributed by atoms with E-state index in [2.05, 4.69) is 24.4 Å². The van der Waals surface area contributed by atoms with E-state index in [0.717, 1.165) is 22.8 Å². The first-order chi connectivity index (χ1) is 13.7. The monoisotopic (exact) mass is 432 g/mol. The predicted octanol–water partition coefficient (Wildman–Crippen LogP) is 3.40. The number of hydrogen-bond donors (Lipinski definition) is 1. The van der Waals surface area contributed by atoms with Crippen LogP contribution in [0, 0.1) is 13.8 Å². The maximum atomic E-state index is 12.7. The molecular weight excluding hydrogens is 416 g/mol. The summed E-state index contributed by atoms with van der Waals surface area (Å²) in [5, 5.41) is -0.302. The summed E-state index contributed by atoms with van der Waals surface area (Å²) in [7, 11) is -2.97. The summed E-state index contributed by atoms with van der Waals surface area (Å²) in [4.78, 5) is 23.7. The lowest BCUT2D eigenvalue weighted by Crippen LogP contribution is -2.17. The van der Waals surface area contributed by atoms with Gasteiger partial charge in [-0.2, -0.15) is 8.42 Å². The molecule has 0 aliphatic carbocycles. The summed E-state index contributed by atoms with van der Waals surface area (Å²) in [5.74, 6) is -0.888. The number of halogens is 1. The van der Waals surface area contributed by atoms with Crippen LogP contribution in [0.25, 0.3) is 11.3 Å². The van der Waals surface area contributed by atoms with Gasteiger partial charge in [0, 0.05) is 17.8 Å². The number of aromatic nitrogens is 3. The molecule has 29 heavy (non-hydrogen) atoms. The predicted molar refractivity (Wildman–Crippen MR) is 108 cm³/mol. The molecule has 2 heterocycles. The molecule has 1 N–H and O–H groups in total. The molecule has 1 aromatic carbocycles. The molecule has 0 unspecified atom stereocenters. The van der Waals surface area contributed by atoms with Crippen LogP contribution in [0.5, 0.6) is 0 Å². The van der Waals surface area contributed by atoms with Crippen molar-refractivity contribution in [1.82, 2.24) is 15.0 Å². The SMILES string of the molecule is COC(=O)c1ccnc(S(=O)(=O)Nc2nc(Cl)cc(-c3c(C)cccc3C)n2)c1. The van der Waals surface area contributed by atoms with Gasteiger partial charge in [-0.15, -0.1) is 0 Å². The molecule has 0 amide bonds. The van der Waals surface area contributed by atoms with E-state index in [0.29, 0.717) is 5.69 Å². The third kappa shape index (κ3) is 4.52. The molecule has 8 nitrogen and oxygen atoms in total. The standard InChI is InChI=1S/C19H17ClN4O4S/c1-11-5-4-6-12(2)17(11)14-10-15(20)23-19(22-14)24-29(26,27)16-9-13(7-8-21-16)18(25)28-3/h4-10H,1-3H3,(H,22,23,24). The number of aryl methyl sites for hydroxylation is 2. The van der Waals surface area contributed by atoms with Crippen molar-refractivity contribution in [3.63, 3.8) is 0 Å². The first-order valence-electron chi connectivity index (χ1n) is 8.39. The first-order valence-corrected chi connectivity index (χ1v) is 10.3. The second-order valence-electron chi connectivity index (χ2n) is 6.15. The lowest BCUT2D eigenvalue weighted by molar-refractivity contribution is 0.0600. The lowest BCUT2D eigenvalue weighted by atomic mass is 10.00. The highest BCUT2D eigenvalue weighted by molar-refractivity contribution is 7.92. The lowest BCUT2D eigenvalue weighted by Gasteiger charge is -2.12. The number of hydrogen-bond acceptors (Lipinski definition) is 7. The highest BCUT2D eigenvalue weighted by Crippen LogP contribution is 2.28. The molecule has 0 aliphatic heterocycles. The molecule has 3 aromatic rings. The summed E-state index contributed by atoms with van der Waals surface area (Å²) in [6, 6.07) is 9.77. The Morgan fingerprint density at radius 1 is 1.10 bits per heavy atom. The molecule has 10 heteroatoms. The Morgan fingerprint density at radius 3 is 2.45 bits per heavy atom. The minimum atomic E-state index is -4.17. The van der Waals surface area contributed by atoms with Gasteiger partial charge in [-0.1, -0.05) is 29.8 Å². The largest absolute Gasteiger partial charge is 0.465 e. The van der Waals surface area contributed by atoms with Gasteiger partial charge in [-0.3, -0.25) is 0 Å². The Morgan fingerprint density at radius 2 is 1.79 bits per heavy atom. The number of nitrogens with zero attached hydrogens (tertiary/aromatic N) is 3. The Labute approximate surface area is 173 Å². The molecule has 2 aromatic heterocycles. The fraction of sp³-hybridized carbons (Fsp3) is 0.158. The molecule has 0 aliphatic rings.